The van der Waals surface area contributed by atoms with Crippen LogP contribution in [0.3, 0.4) is 0 Å². The molecule has 1 aliphatic rings. The third-order valence-electron chi connectivity index (χ3n) is 3.94. The second-order valence-corrected chi connectivity index (χ2v) is 5.71. The van der Waals surface area contributed by atoms with Crippen molar-refractivity contribution in [3.05, 3.63) is 23.7 Å². The molecule has 1 atom stereocenters. The monoisotopic (exact) mass is 292 g/mol. The van der Waals surface area contributed by atoms with Gasteiger partial charge < -0.3 is 15.5 Å². The van der Waals surface area contributed by atoms with E-state index < -0.39 is 0 Å². The Balaban J connectivity index is 1.97. The molecule has 0 bridgehead atoms. The zero-order chi connectivity index (χ0) is 15.1. The maximum absolute atomic E-state index is 5.93. The van der Waals surface area contributed by atoms with E-state index >= 15 is 0 Å². The highest BCUT2D eigenvalue weighted by atomic mass is 16.3. The lowest BCUT2D eigenvalue weighted by molar-refractivity contribution is 0.219. The van der Waals surface area contributed by atoms with Gasteiger partial charge in [0.15, 0.2) is 5.96 Å². The predicted octanol–water partition coefficient (Wildman–Crippen LogP) is 2.43. The number of rotatable bonds is 7. The van der Waals surface area contributed by atoms with Crippen LogP contribution in [0.5, 0.6) is 0 Å². The molecule has 5 heteroatoms. The van der Waals surface area contributed by atoms with Crippen molar-refractivity contribution in [1.82, 2.24) is 10.2 Å². The van der Waals surface area contributed by atoms with E-state index in [1.165, 1.54) is 12.8 Å². The summed E-state index contributed by atoms with van der Waals surface area (Å²) in [4.78, 5) is 6.95. The normalized spacial score (nSPS) is 18.1. The van der Waals surface area contributed by atoms with Gasteiger partial charge in [-0.25, -0.2) is 0 Å². The quantitative estimate of drug-likeness (QED) is 0.460. The van der Waals surface area contributed by atoms with Crippen LogP contribution in [0.15, 0.2) is 21.5 Å². The molecule has 3 N–H and O–H groups in total. The van der Waals surface area contributed by atoms with Gasteiger partial charge in [-0.1, -0.05) is 13.3 Å². The second kappa shape index (κ2) is 8.08. The first kappa shape index (κ1) is 15.9. The van der Waals surface area contributed by atoms with Crippen molar-refractivity contribution in [2.24, 2.45) is 10.7 Å². The molecule has 1 saturated heterocycles. The van der Waals surface area contributed by atoms with Gasteiger partial charge in [0.1, 0.15) is 11.5 Å². The molecule has 1 unspecified atom stereocenters. The first-order chi connectivity index (χ1) is 10.2. The van der Waals surface area contributed by atoms with Gasteiger partial charge in [0.25, 0.3) is 0 Å². The Morgan fingerprint density at radius 1 is 1.43 bits per heavy atom. The van der Waals surface area contributed by atoms with E-state index in [4.69, 9.17) is 10.2 Å². The van der Waals surface area contributed by atoms with Crippen LogP contribution in [0.2, 0.25) is 0 Å². The molecule has 118 valence electrons. The molecule has 21 heavy (non-hydrogen) atoms. The lowest BCUT2D eigenvalue weighted by Crippen LogP contribution is -2.34. The van der Waals surface area contributed by atoms with Crippen molar-refractivity contribution in [1.29, 1.82) is 0 Å². The Kier molecular flexibility index (Phi) is 6.11. The molecule has 0 radical (unpaired) electrons. The summed E-state index contributed by atoms with van der Waals surface area (Å²) in [6.07, 6.45) is 4.78. The largest absolute Gasteiger partial charge is 0.465 e. The Bertz CT molecular complexity index is 449. The Morgan fingerprint density at radius 2 is 2.19 bits per heavy atom. The summed E-state index contributed by atoms with van der Waals surface area (Å²) in [5.74, 6) is 2.49. The number of likely N-dealkylation sites (tertiary alicyclic amines) is 1. The van der Waals surface area contributed by atoms with E-state index in [1.807, 2.05) is 13.0 Å². The van der Waals surface area contributed by atoms with Crippen molar-refractivity contribution in [2.45, 2.75) is 45.6 Å². The number of nitrogens with zero attached hydrogens (tertiary/aromatic N) is 2. The standard InChI is InChI=1S/C16H28N4O/c1-3-4-9-18-16(17)19-12-14(20-10-5-6-11-20)15-8-7-13(2)21-15/h7-8,14H,3-6,9-12H2,1-2H3,(H3,17,18,19). The number of unbranched alkanes of at least 4 members (excludes halogenated alkanes) is 1. The molecule has 0 aliphatic carbocycles. The third kappa shape index (κ3) is 4.77. The van der Waals surface area contributed by atoms with E-state index in [2.05, 4.69) is 28.2 Å². The number of nitrogens with two attached hydrogens (primary N) is 1. The van der Waals surface area contributed by atoms with Gasteiger partial charge in [-0.15, -0.1) is 0 Å². The molecule has 0 amide bonds. The van der Waals surface area contributed by atoms with Crippen LogP contribution in [0.4, 0.5) is 0 Å². The van der Waals surface area contributed by atoms with Crippen molar-refractivity contribution in [2.75, 3.05) is 26.2 Å². The van der Waals surface area contributed by atoms with E-state index in [0.717, 1.165) is 44.0 Å². The second-order valence-electron chi connectivity index (χ2n) is 5.71. The van der Waals surface area contributed by atoms with Crippen molar-refractivity contribution in [3.8, 4) is 0 Å². The minimum Gasteiger partial charge on any atom is -0.465 e. The fourth-order valence-corrected chi connectivity index (χ4v) is 2.71. The summed E-state index contributed by atoms with van der Waals surface area (Å²) in [5, 5.41) is 3.16. The molecule has 2 heterocycles. The Morgan fingerprint density at radius 3 is 2.81 bits per heavy atom. The van der Waals surface area contributed by atoms with Crippen molar-refractivity contribution < 1.29 is 4.42 Å². The molecule has 0 saturated carbocycles. The molecule has 0 aromatic carbocycles. The number of guanidine groups is 1. The van der Waals surface area contributed by atoms with Gasteiger partial charge in [-0.2, -0.15) is 0 Å². The predicted molar refractivity (Wildman–Crippen MR) is 86.4 cm³/mol. The topological polar surface area (TPSA) is 66.8 Å². The van der Waals surface area contributed by atoms with E-state index in [-0.39, 0.29) is 6.04 Å². The average molecular weight is 292 g/mol. The lowest BCUT2D eigenvalue weighted by atomic mass is 10.2. The van der Waals surface area contributed by atoms with E-state index in [0.29, 0.717) is 12.5 Å². The highest BCUT2D eigenvalue weighted by Gasteiger charge is 2.25. The first-order valence-electron chi connectivity index (χ1n) is 8.05. The van der Waals surface area contributed by atoms with Crippen LogP contribution in [-0.4, -0.2) is 37.0 Å². The SMILES string of the molecule is CCCCNC(N)=NCC(c1ccc(C)o1)N1CCCC1. The third-order valence-corrected chi connectivity index (χ3v) is 3.94. The van der Waals surface area contributed by atoms with Crippen molar-refractivity contribution >= 4 is 5.96 Å². The maximum atomic E-state index is 5.93. The molecular weight excluding hydrogens is 264 g/mol. The first-order valence-corrected chi connectivity index (χ1v) is 8.05. The summed E-state index contributed by atoms with van der Waals surface area (Å²) in [5.41, 5.74) is 5.93. The number of hydrogen-bond acceptors (Lipinski definition) is 3. The summed E-state index contributed by atoms with van der Waals surface area (Å²) < 4.78 is 5.82. The smallest absolute Gasteiger partial charge is 0.188 e. The fourth-order valence-electron chi connectivity index (χ4n) is 2.71. The van der Waals surface area contributed by atoms with Gasteiger partial charge in [0.05, 0.1) is 12.6 Å². The number of aryl methyl sites for hydroxylation is 1. The van der Waals surface area contributed by atoms with Gasteiger partial charge >= 0.3 is 0 Å². The minimum atomic E-state index is 0.202. The summed E-state index contributed by atoms with van der Waals surface area (Å²) in [7, 11) is 0. The van der Waals surface area contributed by atoms with Crippen LogP contribution in [0.25, 0.3) is 0 Å². The molecule has 1 aromatic heterocycles. The number of furan rings is 1. The van der Waals surface area contributed by atoms with Crippen LogP contribution >= 0.6 is 0 Å². The van der Waals surface area contributed by atoms with E-state index in [1.54, 1.807) is 0 Å². The highest BCUT2D eigenvalue weighted by molar-refractivity contribution is 5.77. The number of nitrogens with one attached hydrogen (secondary N) is 1. The number of aliphatic imine (C=N–C) groups is 1. The minimum absolute atomic E-state index is 0.202. The van der Waals surface area contributed by atoms with Gasteiger partial charge in [0, 0.05) is 6.54 Å². The Labute approximate surface area is 127 Å². The Hall–Kier alpha value is -1.49. The van der Waals surface area contributed by atoms with Gasteiger partial charge in [-0.05, 0) is 51.4 Å². The van der Waals surface area contributed by atoms with Gasteiger partial charge in [0.2, 0.25) is 0 Å². The van der Waals surface area contributed by atoms with E-state index in [9.17, 15) is 0 Å². The zero-order valence-corrected chi connectivity index (χ0v) is 13.3. The van der Waals surface area contributed by atoms with Crippen LogP contribution in [0, 0.1) is 6.92 Å². The molecule has 1 fully saturated rings. The molecule has 5 nitrogen and oxygen atoms in total. The van der Waals surface area contributed by atoms with Crippen LogP contribution < -0.4 is 11.1 Å². The fraction of sp³-hybridized carbons (Fsp3) is 0.688. The van der Waals surface area contributed by atoms with Crippen LogP contribution in [-0.2, 0) is 0 Å². The summed E-state index contributed by atoms with van der Waals surface area (Å²) in [6.45, 7) is 7.91. The summed E-state index contributed by atoms with van der Waals surface area (Å²) >= 11 is 0. The molecule has 2 rings (SSSR count). The molecule has 0 spiro atoms. The summed E-state index contributed by atoms with van der Waals surface area (Å²) in [6, 6.07) is 4.28. The molecular formula is C16H28N4O. The maximum Gasteiger partial charge on any atom is 0.188 e. The lowest BCUT2D eigenvalue weighted by Gasteiger charge is -2.24. The number of hydrogen-bond donors (Lipinski definition) is 2. The van der Waals surface area contributed by atoms with Crippen molar-refractivity contribution in [3.63, 3.8) is 0 Å². The van der Waals surface area contributed by atoms with Crippen LogP contribution in [0.1, 0.15) is 50.2 Å². The zero-order valence-electron chi connectivity index (χ0n) is 13.3. The molecule has 1 aromatic rings. The highest BCUT2D eigenvalue weighted by Crippen LogP contribution is 2.26. The van der Waals surface area contributed by atoms with Gasteiger partial charge in [-0.3, -0.25) is 9.89 Å². The molecule has 1 aliphatic heterocycles. The average Bonchev–Trinajstić information content (AvgIpc) is 3.12.